The van der Waals surface area contributed by atoms with Gasteiger partial charge in [-0.15, -0.1) is 0 Å². The largest absolute Gasteiger partial charge is 0.321 e. The van der Waals surface area contributed by atoms with Crippen molar-refractivity contribution in [2.75, 3.05) is 5.32 Å². The van der Waals surface area contributed by atoms with Crippen molar-refractivity contribution in [3.63, 3.8) is 0 Å². The summed E-state index contributed by atoms with van der Waals surface area (Å²) in [6.07, 6.45) is 3.09. The fourth-order valence-electron chi connectivity index (χ4n) is 2.43. The number of carbonyl (C=O) groups excluding carboxylic acids is 1. The Bertz CT molecular complexity index is 994. The molecule has 0 saturated heterocycles. The molecule has 0 unspecified atom stereocenters. The number of nitrogens with one attached hydrogen (secondary N) is 1. The average Bonchev–Trinajstić information content (AvgIpc) is 3.16. The van der Waals surface area contributed by atoms with Crippen molar-refractivity contribution in [3.05, 3.63) is 79.0 Å². The Labute approximate surface area is 137 Å². The molecule has 0 radical (unpaired) electrons. The van der Waals surface area contributed by atoms with Gasteiger partial charge in [0.1, 0.15) is 18.3 Å². The number of amides is 1. The van der Waals surface area contributed by atoms with Crippen LogP contribution in [0.5, 0.6) is 0 Å². The Kier molecular flexibility index (Phi) is 3.47. The smallest absolute Gasteiger partial charge is 0.274 e. The number of anilines is 1. The van der Waals surface area contributed by atoms with E-state index >= 15 is 0 Å². The lowest BCUT2D eigenvalue weighted by molar-refractivity contribution is 0.102. The average molecular weight is 315 g/mol. The summed E-state index contributed by atoms with van der Waals surface area (Å²) >= 11 is 0. The molecular weight excluding hydrogens is 302 g/mol. The van der Waals surface area contributed by atoms with E-state index in [9.17, 15) is 4.79 Å². The summed E-state index contributed by atoms with van der Waals surface area (Å²) in [7, 11) is 0. The molecule has 6 nitrogen and oxygen atoms in total. The number of fused-ring (bicyclic) bond motifs is 1. The predicted molar refractivity (Wildman–Crippen MR) is 91.1 cm³/mol. The highest BCUT2D eigenvalue weighted by Crippen LogP contribution is 2.15. The molecule has 6 heteroatoms. The highest BCUT2D eigenvalue weighted by atomic mass is 16.1. The van der Waals surface area contributed by atoms with Crippen LogP contribution in [-0.2, 0) is 0 Å². The SMILES string of the molecule is O=C(Nc1ccc(-n2cncn2)cc1)c1ccc2ccccc2n1. The molecule has 2 aromatic heterocycles. The first-order chi connectivity index (χ1) is 11.8. The van der Waals surface area contributed by atoms with Crippen LogP contribution in [0.3, 0.4) is 0 Å². The maximum Gasteiger partial charge on any atom is 0.274 e. The fourth-order valence-corrected chi connectivity index (χ4v) is 2.43. The third kappa shape index (κ3) is 2.72. The second-order valence-electron chi connectivity index (χ2n) is 5.23. The van der Waals surface area contributed by atoms with E-state index in [4.69, 9.17) is 0 Å². The molecule has 0 spiro atoms. The molecule has 0 aliphatic rings. The molecule has 2 heterocycles. The van der Waals surface area contributed by atoms with Crippen LogP contribution in [0.2, 0.25) is 0 Å². The molecule has 116 valence electrons. The second-order valence-corrected chi connectivity index (χ2v) is 5.23. The minimum Gasteiger partial charge on any atom is -0.321 e. The Morgan fingerprint density at radius 3 is 2.58 bits per heavy atom. The molecule has 0 fully saturated rings. The van der Waals surface area contributed by atoms with Crippen LogP contribution < -0.4 is 5.32 Å². The Morgan fingerprint density at radius 1 is 0.958 bits per heavy atom. The molecule has 1 N–H and O–H groups in total. The van der Waals surface area contributed by atoms with Gasteiger partial charge in [-0.25, -0.2) is 14.6 Å². The van der Waals surface area contributed by atoms with Crippen molar-refractivity contribution >= 4 is 22.5 Å². The van der Waals surface area contributed by atoms with E-state index in [-0.39, 0.29) is 5.91 Å². The number of hydrogen-bond acceptors (Lipinski definition) is 4. The number of carbonyl (C=O) groups is 1. The minimum absolute atomic E-state index is 0.241. The second kappa shape index (κ2) is 5.92. The number of aromatic nitrogens is 4. The topological polar surface area (TPSA) is 72.7 Å². The zero-order valence-corrected chi connectivity index (χ0v) is 12.6. The summed E-state index contributed by atoms with van der Waals surface area (Å²) in [6.45, 7) is 0. The summed E-state index contributed by atoms with van der Waals surface area (Å²) in [5.41, 5.74) is 2.74. The number of nitrogens with zero attached hydrogens (tertiary/aromatic N) is 4. The van der Waals surface area contributed by atoms with Gasteiger partial charge in [0, 0.05) is 11.1 Å². The van der Waals surface area contributed by atoms with Crippen molar-refractivity contribution in [2.24, 2.45) is 0 Å². The third-order valence-corrected chi connectivity index (χ3v) is 3.64. The summed E-state index contributed by atoms with van der Waals surface area (Å²) in [6, 6.07) is 18.7. The minimum atomic E-state index is -0.241. The molecule has 0 aliphatic carbocycles. The monoisotopic (exact) mass is 315 g/mol. The van der Waals surface area contributed by atoms with Crippen molar-refractivity contribution in [1.82, 2.24) is 19.7 Å². The molecule has 24 heavy (non-hydrogen) atoms. The van der Waals surface area contributed by atoms with Gasteiger partial charge in [-0.05, 0) is 36.4 Å². The maximum atomic E-state index is 12.4. The lowest BCUT2D eigenvalue weighted by Crippen LogP contribution is -2.13. The van der Waals surface area contributed by atoms with Crippen molar-refractivity contribution in [2.45, 2.75) is 0 Å². The highest BCUT2D eigenvalue weighted by molar-refractivity contribution is 6.04. The summed E-state index contributed by atoms with van der Waals surface area (Å²) in [5.74, 6) is -0.241. The highest BCUT2D eigenvalue weighted by Gasteiger charge is 2.08. The standard InChI is InChI=1S/C18H13N5O/c24-18(17-10-5-13-3-1-2-4-16(13)22-17)21-14-6-8-15(9-7-14)23-12-19-11-20-23/h1-12H,(H,21,24). The molecule has 2 aromatic carbocycles. The molecule has 0 atom stereocenters. The first-order valence-corrected chi connectivity index (χ1v) is 7.42. The van der Waals surface area contributed by atoms with Crippen LogP contribution in [-0.4, -0.2) is 25.7 Å². The summed E-state index contributed by atoms with van der Waals surface area (Å²) in [4.78, 5) is 20.7. The van der Waals surface area contributed by atoms with Gasteiger partial charge in [0.05, 0.1) is 11.2 Å². The Balaban J connectivity index is 1.54. The summed E-state index contributed by atoms with van der Waals surface area (Å²) in [5, 5.41) is 7.92. The van der Waals surface area contributed by atoms with Gasteiger partial charge in [0.15, 0.2) is 0 Å². The summed E-state index contributed by atoms with van der Waals surface area (Å²) < 4.78 is 1.65. The van der Waals surface area contributed by atoms with Gasteiger partial charge in [0.2, 0.25) is 0 Å². The van der Waals surface area contributed by atoms with Gasteiger partial charge >= 0.3 is 0 Å². The normalized spacial score (nSPS) is 10.7. The Hall–Kier alpha value is -3.54. The lowest BCUT2D eigenvalue weighted by atomic mass is 10.2. The van der Waals surface area contributed by atoms with Crippen LogP contribution in [0.1, 0.15) is 10.5 Å². The molecule has 0 aliphatic heterocycles. The van der Waals surface area contributed by atoms with Crippen molar-refractivity contribution in [3.8, 4) is 5.69 Å². The van der Waals surface area contributed by atoms with Gasteiger partial charge < -0.3 is 5.32 Å². The van der Waals surface area contributed by atoms with Crippen LogP contribution in [0, 0.1) is 0 Å². The van der Waals surface area contributed by atoms with E-state index in [0.717, 1.165) is 16.6 Å². The number of para-hydroxylation sites is 1. The number of rotatable bonds is 3. The molecule has 0 saturated carbocycles. The van der Waals surface area contributed by atoms with E-state index in [1.54, 1.807) is 17.1 Å². The van der Waals surface area contributed by atoms with Crippen molar-refractivity contribution in [1.29, 1.82) is 0 Å². The Morgan fingerprint density at radius 2 is 1.79 bits per heavy atom. The van der Waals surface area contributed by atoms with Gasteiger partial charge in [0.25, 0.3) is 5.91 Å². The quantitative estimate of drug-likeness (QED) is 0.630. The molecule has 0 bridgehead atoms. The van der Waals surface area contributed by atoms with Crippen LogP contribution in [0.25, 0.3) is 16.6 Å². The third-order valence-electron chi connectivity index (χ3n) is 3.64. The first kappa shape index (κ1) is 14.1. The van der Waals surface area contributed by atoms with E-state index in [1.165, 1.54) is 6.33 Å². The number of pyridine rings is 1. The predicted octanol–water partition coefficient (Wildman–Crippen LogP) is 3.07. The van der Waals surface area contributed by atoms with Crippen LogP contribution in [0.4, 0.5) is 5.69 Å². The fraction of sp³-hybridized carbons (Fsp3) is 0. The van der Waals surface area contributed by atoms with E-state index in [2.05, 4.69) is 20.4 Å². The molecule has 4 rings (SSSR count). The molecule has 4 aromatic rings. The number of benzene rings is 2. The van der Waals surface area contributed by atoms with E-state index in [0.29, 0.717) is 11.4 Å². The zero-order chi connectivity index (χ0) is 16.4. The van der Waals surface area contributed by atoms with Gasteiger partial charge in [-0.3, -0.25) is 4.79 Å². The van der Waals surface area contributed by atoms with Crippen LogP contribution in [0.15, 0.2) is 73.3 Å². The van der Waals surface area contributed by atoms with E-state index < -0.39 is 0 Å². The molecule has 1 amide bonds. The number of hydrogen-bond donors (Lipinski definition) is 1. The van der Waals surface area contributed by atoms with Gasteiger partial charge in [-0.2, -0.15) is 5.10 Å². The molecular formula is C18H13N5O. The lowest BCUT2D eigenvalue weighted by Gasteiger charge is -2.07. The van der Waals surface area contributed by atoms with Crippen molar-refractivity contribution < 1.29 is 4.79 Å². The first-order valence-electron chi connectivity index (χ1n) is 7.42. The van der Waals surface area contributed by atoms with E-state index in [1.807, 2.05) is 54.6 Å². The van der Waals surface area contributed by atoms with Gasteiger partial charge in [-0.1, -0.05) is 24.3 Å². The zero-order valence-electron chi connectivity index (χ0n) is 12.6. The van der Waals surface area contributed by atoms with Crippen LogP contribution >= 0.6 is 0 Å². The maximum absolute atomic E-state index is 12.4.